The summed E-state index contributed by atoms with van der Waals surface area (Å²) < 4.78 is 0. The second kappa shape index (κ2) is 4.91. The predicted molar refractivity (Wildman–Crippen MR) is 73.6 cm³/mol. The van der Waals surface area contributed by atoms with Gasteiger partial charge < -0.3 is 0 Å². The minimum atomic E-state index is -0.278. The van der Waals surface area contributed by atoms with E-state index >= 15 is 0 Å². The first-order valence-electron chi connectivity index (χ1n) is 6.69. The molecule has 0 amide bonds. The van der Waals surface area contributed by atoms with E-state index in [4.69, 9.17) is 0 Å². The van der Waals surface area contributed by atoms with Crippen molar-refractivity contribution in [2.75, 3.05) is 0 Å². The highest BCUT2D eigenvalue weighted by atomic mass is 32.2. The minimum absolute atomic E-state index is 0.278. The van der Waals surface area contributed by atoms with Crippen molar-refractivity contribution in [3.63, 3.8) is 0 Å². The highest BCUT2D eigenvalue weighted by Gasteiger charge is 2.38. The van der Waals surface area contributed by atoms with E-state index in [0.29, 0.717) is 0 Å². The van der Waals surface area contributed by atoms with Gasteiger partial charge in [0.2, 0.25) is 6.08 Å². The quantitative estimate of drug-likeness (QED) is 0.603. The molecule has 2 fully saturated rings. The van der Waals surface area contributed by atoms with Crippen LogP contribution in [-0.2, 0) is 10.3 Å². The van der Waals surface area contributed by atoms with E-state index in [1.54, 1.807) is 0 Å². The Morgan fingerprint density at radius 1 is 1.22 bits per heavy atom. The zero-order chi connectivity index (χ0) is 12.4. The fraction of sp³-hybridized carbons (Fsp3) is 0.533. The average Bonchev–Trinajstić information content (AvgIpc) is 3.07. The van der Waals surface area contributed by atoms with Crippen molar-refractivity contribution < 1.29 is 4.79 Å². The maximum atomic E-state index is 10.8. The number of thioether (sulfide) groups is 1. The standard InChI is InChI=1S/C15H17NOS/c17-11-16-15(9-3-4-10-15)13-5-1-2-6-14(13)18-12-7-8-12/h1-2,5-6,12H,3-4,7-10H2. The molecule has 0 unspecified atom stereocenters. The Hall–Kier alpha value is -1.05. The first-order valence-corrected chi connectivity index (χ1v) is 7.57. The van der Waals surface area contributed by atoms with Crippen molar-refractivity contribution in [1.29, 1.82) is 0 Å². The molecule has 0 aromatic heterocycles. The van der Waals surface area contributed by atoms with E-state index in [9.17, 15) is 4.79 Å². The highest BCUT2D eigenvalue weighted by molar-refractivity contribution is 8.00. The highest BCUT2D eigenvalue weighted by Crippen LogP contribution is 2.48. The van der Waals surface area contributed by atoms with Crippen LogP contribution in [0.25, 0.3) is 0 Å². The zero-order valence-electron chi connectivity index (χ0n) is 10.4. The fourth-order valence-electron chi connectivity index (χ4n) is 2.81. The van der Waals surface area contributed by atoms with E-state index < -0.39 is 0 Å². The molecule has 2 aliphatic rings. The predicted octanol–water partition coefficient (Wildman–Crippen LogP) is 4.05. The lowest BCUT2D eigenvalue weighted by molar-refractivity contribution is 0.448. The molecule has 2 aliphatic carbocycles. The smallest absolute Gasteiger partial charge is 0.211 e. The number of aliphatic imine (C=N–C) groups is 1. The Kier molecular flexibility index (Phi) is 3.27. The minimum Gasteiger partial charge on any atom is -0.211 e. The zero-order valence-corrected chi connectivity index (χ0v) is 11.2. The molecule has 94 valence electrons. The Bertz CT molecular complexity index is 483. The second-order valence-electron chi connectivity index (χ2n) is 5.26. The third-order valence-electron chi connectivity index (χ3n) is 3.90. The van der Waals surface area contributed by atoms with Gasteiger partial charge in [0.25, 0.3) is 0 Å². The van der Waals surface area contributed by atoms with Crippen molar-refractivity contribution in [2.24, 2.45) is 4.99 Å². The van der Waals surface area contributed by atoms with Gasteiger partial charge in [-0.25, -0.2) is 4.79 Å². The summed E-state index contributed by atoms with van der Waals surface area (Å²) in [7, 11) is 0. The summed E-state index contributed by atoms with van der Waals surface area (Å²) in [6.45, 7) is 0. The number of nitrogens with zero attached hydrogens (tertiary/aromatic N) is 1. The number of hydrogen-bond acceptors (Lipinski definition) is 3. The van der Waals surface area contributed by atoms with E-state index in [-0.39, 0.29) is 5.54 Å². The molecule has 3 rings (SSSR count). The molecule has 18 heavy (non-hydrogen) atoms. The van der Waals surface area contributed by atoms with Gasteiger partial charge in [0.15, 0.2) is 0 Å². The average molecular weight is 259 g/mol. The van der Waals surface area contributed by atoms with Gasteiger partial charge in [-0.05, 0) is 37.3 Å². The van der Waals surface area contributed by atoms with Crippen LogP contribution >= 0.6 is 11.8 Å². The topological polar surface area (TPSA) is 29.4 Å². The van der Waals surface area contributed by atoms with Crippen molar-refractivity contribution in [1.82, 2.24) is 0 Å². The molecule has 0 radical (unpaired) electrons. The van der Waals surface area contributed by atoms with E-state index in [1.807, 2.05) is 17.8 Å². The summed E-state index contributed by atoms with van der Waals surface area (Å²) in [5.74, 6) is 0. The molecule has 2 nitrogen and oxygen atoms in total. The van der Waals surface area contributed by atoms with Crippen LogP contribution < -0.4 is 0 Å². The second-order valence-corrected chi connectivity index (χ2v) is 6.60. The van der Waals surface area contributed by atoms with Gasteiger partial charge in [0, 0.05) is 10.1 Å². The normalized spacial score (nSPS) is 21.6. The monoisotopic (exact) mass is 259 g/mol. The van der Waals surface area contributed by atoms with Crippen LogP contribution in [0.15, 0.2) is 34.2 Å². The number of carbonyl (C=O) groups excluding carboxylic acids is 1. The molecular weight excluding hydrogens is 242 g/mol. The molecular formula is C15H17NOS. The maximum Gasteiger partial charge on any atom is 0.235 e. The Balaban J connectivity index is 1.99. The molecule has 1 aromatic rings. The number of isocyanates is 1. The van der Waals surface area contributed by atoms with Crippen molar-refractivity contribution in [3.05, 3.63) is 29.8 Å². The van der Waals surface area contributed by atoms with Crippen LogP contribution in [0.1, 0.15) is 44.1 Å². The van der Waals surface area contributed by atoms with Crippen LogP contribution in [0.5, 0.6) is 0 Å². The Morgan fingerprint density at radius 3 is 2.61 bits per heavy atom. The largest absolute Gasteiger partial charge is 0.235 e. The third-order valence-corrected chi connectivity index (χ3v) is 5.31. The van der Waals surface area contributed by atoms with Gasteiger partial charge in [-0.2, -0.15) is 4.99 Å². The van der Waals surface area contributed by atoms with E-state index in [2.05, 4.69) is 29.3 Å². The molecule has 0 spiro atoms. The lowest BCUT2D eigenvalue weighted by atomic mass is 9.89. The SMILES string of the molecule is O=C=NC1(c2ccccc2SC2CC2)CCCC1. The maximum absolute atomic E-state index is 10.8. The van der Waals surface area contributed by atoms with Crippen LogP contribution in [0.2, 0.25) is 0 Å². The summed E-state index contributed by atoms with van der Waals surface area (Å²) in [6.07, 6.45) is 8.76. The number of benzene rings is 1. The van der Waals surface area contributed by atoms with E-state index in [0.717, 1.165) is 30.9 Å². The first-order chi connectivity index (χ1) is 8.84. The summed E-state index contributed by atoms with van der Waals surface area (Å²) >= 11 is 1.96. The van der Waals surface area contributed by atoms with Crippen LogP contribution in [-0.4, -0.2) is 11.3 Å². The molecule has 0 atom stereocenters. The summed E-state index contributed by atoms with van der Waals surface area (Å²) in [6, 6.07) is 8.48. The molecule has 0 bridgehead atoms. The Labute approximate surface area is 112 Å². The van der Waals surface area contributed by atoms with E-state index in [1.165, 1.54) is 23.3 Å². The van der Waals surface area contributed by atoms with Crippen molar-refractivity contribution in [2.45, 2.75) is 54.2 Å². The summed E-state index contributed by atoms with van der Waals surface area (Å²) in [4.78, 5) is 16.3. The van der Waals surface area contributed by atoms with Gasteiger partial charge >= 0.3 is 0 Å². The van der Waals surface area contributed by atoms with Crippen LogP contribution in [0.4, 0.5) is 0 Å². The molecule has 1 aromatic carbocycles. The molecule has 0 heterocycles. The lowest BCUT2D eigenvalue weighted by Crippen LogP contribution is -2.19. The fourth-order valence-corrected chi connectivity index (χ4v) is 4.08. The van der Waals surface area contributed by atoms with Gasteiger partial charge in [-0.3, -0.25) is 0 Å². The first kappa shape index (κ1) is 12.0. The van der Waals surface area contributed by atoms with Gasteiger partial charge in [-0.1, -0.05) is 31.0 Å². The molecule has 3 heteroatoms. The van der Waals surface area contributed by atoms with Crippen molar-refractivity contribution >= 4 is 17.8 Å². The summed E-state index contributed by atoms with van der Waals surface area (Å²) in [5, 5.41) is 0.782. The summed E-state index contributed by atoms with van der Waals surface area (Å²) in [5.41, 5.74) is 0.975. The molecule has 2 saturated carbocycles. The molecule has 0 N–H and O–H groups in total. The van der Waals surface area contributed by atoms with Crippen LogP contribution in [0.3, 0.4) is 0 Å². The van der Waals surface area contributed by atoms with Crippen LogP contribution in [0, 0.1) is 0 Å². The number of rotatable bonds is 4. The molecule has 0 aliphatic heterocycles. The van der Waals surface area contributed by atoms with Gasteiger partial charge in [0.05, 0.1) is 5.54 Å². The van der Waals surface area contributed by atoms with Gasteiger partial charge in [0.1, 0.15) is 0 Å². The third kappa shape index (κ3) is 2.25. The van der Waals surface area contributed by atoms with Gasteiger partial charge in [-0.15, -0.1) is 11.8 Å². The molecule has 0 saturated heterocycles. The Morgan fingerprint density at radius 2 is 1.94 bits per heavy atom. The number of hydrogen-bond donors (Lipinski definition) is 0. The van der Waals surface area contributed by atoms with Crippen molar-refractivity contribution in [3.8, 4) is 0 Å². The lowest BCUT2D eigenvalue weighted by Gasteiger charge is -2.25.